The van der Waals surface area contributed by atoms with Crippen LogP contribution in [0.3, 0.4) is 0 Å². The predicted octanol–water partition coefficient (Wildman–Crippen LogP) is 4.58. The number of hydrazone groups is 1. The number of hydrogen-bond acceptors (Lipinski definition) is 7. The maximum absolute atomic E-state index is 12.2. The Morgan fingerprint density at radius 3 is 2.35 bits per heavy atom. The summed E-state index contributed by atoms with van der Waals surface area (Å²) in [6, 6.07) is 19.8. The number of esters is 1. The van der Waals surface area contributed by atoms with Crippen LogP contribution >= 0.6 is 0 Å². The summed E-state index contributed by atoms with van der Waals surface area (Å²) < 4.78 is 21.6. The summed E-state index contributed by atoms with van der Waals surface area (Å²) in [5.41, 5.74) is 4.93. The third-order valence-electron chi connectivity index (χ3n) is 4.98. The van der Waals surface area contributed by atoms with Crippen LogP contribution in [0.4, 0.5) is 0 Å². The highest BCUT2D eigenvalue weighted by Crippen LogP contribution is 2.29. The van der Waals surface area contributed by atoms with Gasteiger partial charge in [-0.25, -0.2) is 10.2 Å². The van der Waals surface area contributed by atoms with E-state index < -0.39 is 11.9 Å². The van der Waals surface area contributed by atoms with Crippen LogP contribution in [0.2, 0.25) is 0 Å². The van der Waals surface area contributed by atoms with Crippen molar-refractivity contribution in [1.29, 1.82) is 0 Å². The Labute approximate surface area is 215 Å². The molecule has 190 valence electrons. The number of benzene rings is 3. The van der Waals surface area contributed by atoms with Gasteiger partial charge in [0.05, 0.1) is 20.4 Å². The first-order chi connectivity index (χ1) is 18.0. The highest BCUT2D eigenvalue weighted by atomic mass is 16.6. The molecule has 0 spiro atoms. The van der Waals surface area contributed by atoms with Crippen molar-refractivity contribution in [1.82, 2.24) is 5.43 Å². The summed E-state index contributed by atoms with van der Waals surface area (Å²) >= 11 is 0. The molecule has 0 heterocycles. The topological polar surface area (TPSA) is 95.5 Å². The lowest BCUT2D eigenvalue weighted by Crippen LogP contribution is -2.24. The van der Waals surface area contributed by atoms with E-state index in [4.69, 9.17) is 18.9 Å². The van der Waals surface area contributed by atoms with E-state index in [1.54, 1.807) is 36.4 Å². The van der Waals surface area contributed by atoms with Gasteiger partial charge in [0.1, 0.15) is 0 Å². The average molecular weight is 501 g/mol. The van der Waals surface area contributed by atoms with E-state index in [-0.39, 0.29) is 12.4 Å². The molecule has 0 saturated carbocycles. The van der Waals surface area contributed by atoms with Crippen molar-refractivity contribution in [3.8, 4) is 23.0 Å². The minimum Gasteiger partial charge on any atom is -0.493 e. The third-order valence-corrected chi connectivity index (χ3v) is 4.98. The van der Waals surface area contributed by atoms with Crippen molar-refractivity contribution in [2.24, 2.45) is 5.10 Å². The van der Waals surface area contributed by atoms with Gasteiger partial charge in [0.15, 0.2) is 29.6 Å². The van der Waals surface area contributed by atoms with Crippen molar-refractivity contribution < 1.29 is 28.5 Å². The van der Waals surface area contributed by atoms with Gasteiger partial charge >= 0.3 is 5.97 Å². The highest BCUT2D eigenvalue weighted by Gasteiger charge is 2.10. The van der Waals surface area contributed by atoms with Gasteiger partial charge in [-0.3, -0.25) is 4.79 Å². The van der Waals surface area contributed by atoms with Gasteiger partial charge in [0, 0.05) is 6.08 Å². The molecule has 0 aromatic heterocycles. The number of methoxy groups -OCH3 is 2. The summed E-state index contributed by atoms with van der Waals surface area (Å²) in [6.07, 6.45) is 6.93. The molecule has 3 rings (SSSR count). The van der Waals surface area contributed by atoms with Gasteiger partial charge in [-0.1, -0.05) is 42.5 Å². The minimum absolute atomic E-state index is 0.247. The van der Waals surface area contributed by atoms with E-state index in [0.29, 0.717) is 29.2 Å². The van der Waals surface area contributed by atoms with Crippen LogP contribution in [0.15, 0.2) is 90.6 Å². The minimum atomic E-state index is -0.539. The number of carbonyl (C=O) groups excluding carboxylic acids is 2. The van der Waals surface area contributed by atoms with E-state index in [2.05, 4.69) is 17.1 Å². The molecule has 0 aliphatic carbocycles. The number of nitrogens with zero attached hydrogens (tertiary/aromatic N) is 1. The first-order valence-corrected chi connectivity index (χ1v) is 11.4. The number of ether oxygens (including phenoxy) is 4. The summed E-state index contributed by atoms with van der Waals surface area (Å²) in [5, 5.41) is 3.94. The molecule has 0 bridgehead atoms. The van der Waals surface area contributed by atoms with Crippen LogP contribution in [-0.2, 0) is 16.0 Å². The molecule has 3 aromatic carbocycles. The van der Waals surface area contributed by atoms with Crippen molar-refractivity contribution in [2.45, 2.75) is 6.42 Å². The molecule has 0 aliphatic rings. The Morgan fingerprint density at radius 1 is 0.892 bits per heavy atom. The molecule has 0 unspecified atom stereocenters. The molecule has 8 heteroatoms. The summed E-state index contributed by atoms with van der Waals surface area (Å²) in [4.78, 5) is 24.3. The van der Waals surface area contributed by atoms with E-state index in [0.717, 1.165) is 11.1 Å². The molecule has 0 radical (unpaired) electrons. The highest BCUT2D eigenvalue weighted by molar-refractivity contribution is 5.89. The number of allylic oxidation sites excluding steroid dienone is 1. The second kappa shape index (κ2) is 13.9. The lowest BCUT2D eigenvalue weighted by Gasteiger charge is -2.11. The maximum atomic E-state index is 12.2. The molecule has 0 saturated heterocycles. The molecule has 37 heavy (non-hydrogen) atoms. The largest absolute Gasteiger partial charge is 0.493 e. The van der Waals surface area contributed by atoms with Gasteiger partial charge in [-0.05, 0) is 59.5 Å². The Bertz CT molecular complexity index is 1280. The van der Waals surface area contributed by atoms with Gasteiger partial charge < -0.3 is 18.9 Å². The van der Waals surface area contributed by atoms with Crippen molar-refractivity contribution in [2.75, 3.05) is 20.8 Å². The SMILES string of the molecule is C=CCc1ccc(OCC(=O)NN=Cc2ccc(OC(=O)C=Cc3ccccc3)c(OC)c2)c(OC)c1. The van der Waals surface area contributed by atoms with Crippen molar-refractivity contribution >= 4 is 24.2 Å². The normalized spacial score (nSPS) is 10.8. The number of rotatable bonds is 12. The number of hydrogen-bond donors (Lipinski definition) is 1. The molecule has 1 N–H and O–H groups in total. The number of amides is 1. The van der Waals surface area contributed by atoms with Crippen LogP contribution in [0.1, 0.15) is 16.7 Å². The predicted molar refractivity (Wildman–Crippen MR) is 142 cm³/mol. The van der Waals surface area contributed by atoms with Crippen LogP contribution in [-0.4, -0.2) is 38.9 Å². The molecule has 0 aliphatic heterocycles. The number of nitrogens with one attached hydrogen (secondary N) is 1. The standard InChI is InChI=1S/C29H28N2O6/c1-4-8-22-11-14-24(26(17-22)34-2)36-20-28(32)31-30-19-23-12-15-25(27(18-23)35-3)37-29(33)16-13-21-9-6-5-7-10-21/h4-7,9-19H,1,8,20H2,2-3H3,(H,31,32). The summed E-state index contributed by atoms with van der Waals surface area (Å²) in [5.74, 6) is 0.584. The Kier molecular flexibility index (Phi) is 10.0. The van der Waals surface area contributed by atoms with E-state index >= 15 is 0 Å². The fourth-order valence-corrected chi connectivity index (χ4v) is 3.20. The first kappa shape index (κ1) is 26.7. The Hall–Kier alpha value is -4.85. The van der Waals surface area contributed by atoms with Crippen LogP contribution in [0.25, 0.3) is 6.08 Å². The third kappa shape index (κ3) is 8.40. The summed E-state index contributed by atoms with van der Waals surface area (Å²) in [6.45, 7) is 3.47. The van der Waals surface area contributed by atoms with Gasteiger partial charge in [0.2, 0.25) is 0 Å². The van der Waals surface area contributed by atoms with Gasteiger partial charge in [-0.15, -0.1) is 6.58 Å². The zero-order valence-electron chi connectivity index (χ0n) is 20.7. The van der Waals surface area contributed by atoms with E-state index in [1.807, 2.05) is 42.5 Å². The molecule has 3 aromatic rings. The van der Waals surface area contributed by atoms with Gasteiger partial charge in [-0.2, -0.15) is 5.10 Å². The molecular weight excluding hydrogens is 472 g/mol. The average Bonchev–Trinajstić information content (AvgIpc) is 2.92. The second-order valence-corrected chi connectivity index (χ2v) is 7.64. The Balaban J connectivity index is 1.53. The van der Waals surface area contributed by atoms with Crippen LogP contribution in [0, 0.1) is 0 Å². The molecule has 0 fully saturated rings. The summed E-state index contributed by atoms with van der Waals surface area (Å²) in [7, 11) is 3.00. The van der Waals surface area contributed by atoms with Crippen molar-refractivity contribution in [3.05, 3.63) is 102 Å². The lowest BCUT2D eigenvalue weighted by atomic mass is 10.1. The van der Waals surface area contributed by atoms with Crippen molar-refractivity contribution in [3.63, 3.8) is 0 Å². The maximum Gasteiger partial charge on any atom is 0.336 e. The zero-order valence-corrected chi connectivity index (χ0v) is 20.7. The number of carbonyl (C=O) groups is 2. The van der Waals surface area contributed by atoms with Crippen LogP contribution in [0.5, 0.6) is 23.0 Å². The second-order valence-electron chi connectivity index (χ2n) is 7.64. The van der Waals surface area contributed by atoms with E-state index in [9.17, 15) is 9.59 Å². The molecular formula is C29H28N2O6. The van der Waals surface area contributed by atoms with Gasteiger partial charge in [0.25, 0.3) is 5.91 Å². The molecule has 0 atom stereocenters. The monoisotopic (exact) mass is 500 g/mol. The van der Waals surface area contributed by atoms with E-state index in [1.165, 1.54) is 26.5 Å². The smallest absolute Gasteiger partial charge is 0.336 e. The zero-order chi connectivity index (χ0) is 26.5. The first-order valence-electron chi connectivity index (χ1n) is 11.4. The Morgan fingerprint density at radius 2 is 1.62 bits per heavy atom. The fraction of sp³-hybridized carbons (Fsp3) is 0.138. The fourth-order valence-electron chi connectivity index (χ4n) is 3.20. The molecule has 1 amide bonds. The van der Waals surface area contributed by atoms with Crippen LogP contribution < -0.4 is 24.4 Å². The lowest BCUT2D eigenvalue weighted by molar-refractivity contribution is -0.129. The molecule has 8 nitrogen and oxygen atoms in total. The quantitative estimate of drug-likeness (QED) is 0.0977.